The van der Waals surface area contributed by atoms with Crippen LogP contribution >= 0.6 is 0 Å². The number of para-hydroxylation sites is 7. The molecule has 0 unspecified atom stereocenters. The smallest absolute Gasteiger partial charge is 0.0782 e. The van der Waals surface area contributed by atoms with Gasteiger partial charge in [0, 0.05) is 62.0 Å². The van der Waals surface area contributed by atoms with Gasteiger partial charge >= 0.3 is 0 Å². The summed E-state index contributed by atoms with van der Waals surface area (Å²) in [7, 11) is 0. The van der Waals surface area contributed by atoms with Crippen molar-refractivity contribution in [2.24, 2.45) is 0 Å². The predicted octanol–water partition coefficient (Wildman–Crippen LogP) is 15.2. The van der Waals surface area contributed by atoms with Crippen molar-refractivity contribution in [2.75, 3.05) is 14.7 Å². The Kier molecular flexibility index (Phi) is 9.18. The lowest BCUT2D eigenvalue weighted by atomic mass is 10.1. The fourth-order valence-corrected chi connectivity index (χ4v) is 8.20. The van der Waals surface area contributed by atoms with Crippen molar-refractivity contribution < 1.29 is 0 Å². The number of rotatable bonds is 10. The lowest BCUT2D eigenvalue weighted by Gasteiger charge is -2.31. The third-order valence-electron chi connectivity index (χ3n) is 10.7. The van der Waals surface area contributed by atoms with Crippen LogP contribution in [0.25, 0.3) is 27.5 Å². The van der Waals surface area contributed by atoms with Crippen LogP contribution in [0.1, 0.15) is 0 Å². The van der Waals surface area contributed by atoms with Gasteiger partial charge in [-0.25, -0.2) is 0 Å². The number of nitrogens with zero attached hydrogens (tertiary/aromatic N) is 4. The molecule has 0 aliphatic carbocycles. The summed E-state index contributed by atoms with van der Waals surface area (Å²) in [6.07, 6.45) is 0. The maximum atomic E-state index is 2.41. The summed E-state index contributed by atoms with van der Waals surface area (Å²) in [6.45, 7) is 0. The predicted molar refractivity (Wildman–Crippen MR) is 245 cm³/mol. The van der Waals surface area contributed by atoms with E-state index in [9.17, 15) is 0 Å². The highest BCUT2D eigenvalue weighted by atomic mass is 15.2. The molecule has 0 radical (unpaired) electrons. The fourth-order valence-electron chi connectivity index (χ4n) is 8.20. The molecule has 10 rings (SSSR count). The summed E-state index contributed by atoms with van der Waals surface area (Å²) < 4.78 is 2.41. The van der Waals surface area contributed by atoms with E-state index < -0.39 is 0 Å². The van der Waals surface area contributed by atoms with Gasteiger partial charge in [0.25, 0.3) is 0 Å². The van der Waals surface area contributed by atoms with Crippen LogP contribution in [0, 0.1) is 0 Å². The van der Waals surface area contributed by atoms with Gasteiger partial charge in [-0.3, -0.25) is 0 Å². The average molecular weight is 745 g/mol. The third kappa shape index (κ3) is 6.43. The molecular formula is C54H40N4. The molecule has 58 heavy (non-hydrogen) atoms. The quantitative estimate of drug-likeness (QED) is 0.139. The minimum atomic E-state index is 1.04. The molecule has 0 aliphatic rings. The zero-order chi connectivity index (χ0) is 38.7. The lowest BCUT2D eigenvalue weighted by Crippen LogP contribution is -2.15. The van der Waals surface area contributed by atoms with Crippen molar-refractivity contribution in [2.45, 2.75) is 0 Å². The Morgan fingerprint density at radius 2 is 0.603 bits per heavy atom. The number of anilines is 9. The summed E-state index contributed by atoms with van der Waals surface area (Å²) in [6, 6.07) is 86.3. The monoisotopic (exact) mass is 744 g/mol. The van der Waals surface area contributed by atoms with Crippen LogP contribution in [0.3, 0.4) is 0 Å². The van der Waals surface area contributed by atoms with Gasteiger partial charge in [0.2, 0.25) is 0 Å². The molecule has 0 fully saturated rings. The molecule has 1 heterocycles. The van der Waals surface area contributed by atoms with Gasteiger partial charge < -0.3 is 19.3 Å². The molecule has 0 saturated carbocycles. The highest BCUT2D eigenvalue weighted by Crippen LogP contribution is 2.46. The molecule has 0 saturated heterocycles. The first-order chi connectivity index (χ1) is 28.8. The molecule has 0 N–H and O–H groups in total. The third-order valence-corrected chi connectivity index (χ3v) is 10.7. The Hall–Kier alpha value is -7.82. The zero-order valence-electron chi connectivity index (χ0n) is 31.9. The first kappa shape index (κ1) is 34.7. The van der Waals surface area contributed by atoms with Crippen molar-refractivity contribution in [3.8, 4) is 5.69 Å². The molecular weight excluding hydrogens is 705 g/mol. The Labute approximate surface area is 339 Å². The highest BCUT2D eigenvalue weighted by molar-refractivity contribution is 6.14. The van der Waals surface area contributed by atoms with E-state index in [4.69, 9.17) is 0 Å². The van der Waals surface area contributed by atoms with Crippen molar-refractivity contribution in [3.63, 3.8) is 0 Å². The van der Waals surface area contributed by atoms with E-state index in [0.29, 0.717) is 0 Å². The molecule has 0 spiro atoms. The van der Waals surface area contributed by atoms with Crippen LogP contribution in [0.2, 0.25) is 0 Å². The van der Waals surface area contributed by atoms with Crippen LogP contribution in [0.15, 0.2) is 243 Å². The van der Waals surface area contributed by atoms with Gasteiger partial charge in [-0.2, -0.15) is 0 Å². The minimum absolute atomic E-state index is 1.04. The minimum Gasteiger partial charge on any atom is -0.310 e. The van der Waals surface area contributed by atoms with Gasteiger partial charge in [-0.1, -0.05) is 133 Å². The number of hydrogen-bond donors (Lipinski definition) is 0. The Morgan fingerprint density at radius 3 is 1.10 bits per heavy atom. The molecule has 4 heteroatoms. The molecule has 0 bridgehead atoms. The van der Waals surface area contributed by atoms with Crippen LogP contribution in [-0.2, 0) is 0 Å². The van der Waals surface area contributed by atoms with Crippen LogP contribution < -0.4 is 14.7 Å². The van der Waals surface area contributed by atoms with Crippen molar-refractivity contribution in [1.29, 1.82) is 0 Å². The molecule has 1 aromatic heterocycles. The van der Waals surface area contributed by atoms with Crippen molar-refractivity contribution in [3.05, 3.63) is 243 Å². The number of hydrogen-bond acceptors (Lipinski definition) is 3. The van der Waals surface area contributed by atoms with Gasteiger partial charge in [0.1, 0.15) is 0 Å². The average Bonchev–Trinajstić information content (AvgIpc) is 3.64. The molecule has 0 amide bonds. The van der Waals surface area contributed by atoms with E-state index in [1.165, 1.54) is 16.3 Å². The molecule has 10 aromatic rings. The van der Waals surface area contributed by atoms with E-state index >= 15 is 0 Å². The SMILES string of the molecule is c1ccc(N(c2ccccc2)c2cccc(N(c3ccccc3)c3cccc(N(c4ccccc4)c4cccc5c6ccccc6n(-c6ccccc6)c45)c3)c2)cc1. The second-order valence-electron chi connectivity index (χ2n) is 14.2. The molecule has 4 nitrogen and oxygen atoms in total. The highest BCUT2D eigenvalue weighted by Gasteiger charge is 2.23. The first-order valence-electron chi connectivity index (χ1n) is 19.7. The first-order valence-corrected chi connectivity index (χ1v) is 19.7. The van der Waals surface area contributed by atoms with E-state index in [1.807, 2.05) is 0 Å². The normalized spacial score (nSPS) is 11.1. The lowest BCUT2D eigenvalue weighted by molar-refractivity contribution is 1.17. The maximum absolute atomic E-state index is 2.41. The van der Waals surface area contributed by atoms with Gasteiger partial charge in [-0.15, -0.1) is 0 Å². The van der Waals surface area contributed by atoms with E-state index in [2.05, 4.69) is 262 Å². The molecule has 0 atom stereocenters. The fraction of sp³-hybridized carbons (Fsp3) is 0. The number of aromatic nitrogens is 1. The number of fused-ring (bicyclic) bond motifs is 3. The summed E-state index contributed by atoms with van der Waals surface area (Å²) >= 11 is 0. The van der Waals surface area contributed by atoms with Gasteiger partial charge in [0.15, 0.2) is 0 Å². The molecule has 0 aliphatic heterocycles. The van der Waals surface area contributed by atoms with Gasteiger partial charge in [0.05, 0.1) is 16.7 Å². The van der Waals surface area contributed by atoms with E-state index in [0.717, 1.165) is 62.4 Å². The summed E-state index contributed by atoms with van der Waals surface area (Å²) in [5.41, 5.74) is 13.1. The van der Waals surface area contributed by atoms with Crippen molar-refractivity contribution >= 4 is 73.0 Å². The summed E-state index contributed by atoms with van der Waals surface area (Å²) in [5, 5.41) is 2.43. The van der Waals surface area contributed by atoms with E-state index in [1.54, 1.807) is 0 Å². The standard InChI is InChI=1S/C54H40N4/c1-6-21-41(22-7-1)55(42-23-8-2-9-24-42)46-31-18-32-47(39-46)56(43-25-10-3-11-26-43)48-33-19-34-49(40-48)57(44-27-12-4-13-28-44)53-38-20-36-51-50-35-16-17-37-52(50)58(54(51)53)45-29-14-5-15-30-45/h1-40H. The number of benzene rings is 9. The summed E-state index contributed by atoms with van der Waals surface area (Å²) in [4.78, 5) is 7.06. The Balaban J connectivity index is 1.17. The van der Waals surface area contributed by atoms with Gasteiger partial charge in [-0.05, 0) is 109 Å². The Bertz CT molecular complexity index is 2910. The van der Waals surface area contributed by atoms with Crippen LogP contribution in [0.5, 0.6) is 0 Å². The van der Waals surface area contributed by atoms with Crippen LogP contribution in [-0.4, -0.2) is 4.57 Å². The second kappa shape index (κ2) is 15.4. The van der Waals surface area contributed by atoms with Crippen molar-refractivity contribution in [1.82, 2.24) is 4.57 Å². The maximum Gasteiger partial charge on any atom is 0.0782 e. The Morgan fingerprint density at radius 1 is 0.259 bits per heavy atom. The topological polar surface area (TPSA) is 14.7 Å². The molecule has 9 aromatic carbocycles. The van der Waals surface area contributed by atoms with Crippen LogP contribution in [0.4, 0.5) is 51.2 Å². The zero-order valence-corrected chi connectivity index (χ0v) is 31.9. The van der Waals surface area contributed by atoms with E-state index in [-0.39, 0.29) is 0 Å². The second-order valence-corrected chi connectivity index (χ2v) is 14.2. The summed E-state index contributed by atoms with van der Waals surface area (Å²) in [5.74, 6) is 0. The molecule has 276 valence electrons. The largest absolute Gasteiger partial charge is 0.310 e.